The Balaban J connectivity index is 1.27. The number of nitrogens with one attached hydrogen (secondary N) is 2. The van der Waals surface area contributed by atoms with Crippen LogP contribution in [-0.4, -0.2) is 22.0 Å². The molecule has 0 spiro atoms. The maximum absolute atomic E-state index is 12.1. The predicted molar refractivity (Wildman–Crippen MR) is 102 cm³/mol. The highest BCUT2D eigenvalue weighted by Gasteiger charge is 2.13. The minimum Gasteiger partial charge on any atom is -0.461 e. The van der Waals surface area contributed by atoms with E-state index in [4.69, 9.17) is 13.4 Å². The van der Waals surface area contributed by atoms with Crippen LogP contribution in [0.4, 0.5) is 11.4 Å². The Hall–Kier alpha value is -4.14. The lowest BCUT2D eigenvalue weighted by atomic mass is 10.2. The Morgan fingerprint density at radius 3 is 2.31 bits per heavy atom. The van der Waals surface area contributed by atoms with Gasteiger partial charge in [-0.3, -0.25) is 9.59 Å². The Kier molecular flexibility index (Phi) is 5.19. The van der Waals surface area contributed by atoms with E-state index in [1.54, 1.807) is 48.5 Å². The molecule has 0 aliphatic heterocycles. The summed E-state index contributed by atoms with van der Waals surface area (Å²) in [7, 11) is 0. The van der Waals surface area contributed by atoms with E-state index in [0.717, 1.165) is 0 Å². The Bertz CT molecular complexity index is 1080. The van der Waals surface area contributed by atoms with Gasteiger partial charge in [0.05, 0.1) is 12.5 Å². The van der Waals surface area contributed by atoms with E-state index >= 15 is 0 Å². The summed E-state index contributed by atoms with van der Waals surface area (Å²) < 4.78 is 15.4. The minimum absolute atomic E-state index is 0.177. The second-order valence-corrected chi connectivity index (χ2v) is 6.05. The molecule has 9 heteroatoms. The zero-order valence-electron chi connectivity index (χ0n) is 15.1. The normalized spacial score (nSPS) is 10.6. The van der Waals surface area contributed by atoms with Crippen molar-refractivity contribution in [3.05, 3.63) is 72.7 Å². The van der Waals surface area contributed by atoms with E-state index in [1.165, 1.54) is 12.5 Å². The number of hydrogen-bond donors (Lipinski definition) is 2. The van der Waals surface area contributed by atoms with Crippen LogP contribution in [0.5, 0.6) is 0 Å². The van der Waals surface area contributed by atoms with Gasteiger partial charge >= 0.3 is 0 Å². The van der Waals surface area contributed by atoms with Crippen molar-refractivity contribution in [2.24, 2.45) is 0 Å². The highest BCUT2D eigenvalue weighted by Crippen LogP contribution is 2.17. The summed E-state index contributed by atoms with van der Waals surface area (Å²) >= 11 is 0. The quantitative estimate of drug-likeness (QED) is 0.491. The van der Waals surface area contributed by atoms with Gasteiger partial charge in [-0.2, -0.15) is 4.98 Å². The second-order valence-electron chi connectivity index (χ2n) is 6.05. The van der Waals surface area contributed by atoms with Crippen molar-refractivity contribution in [2.45, 2.75) is 12.8 Å². The van der Waals surface area contributed by atoms with E-state index < -0.39 is 0 Å². The summed E-state index contributed by atoms with van der Waals surface area (Å²) in [5.74, 6) is 0.873. The lowest BCUT2D eigenvalue weighted by Gasteiger charge is -2.07. The molecule has 2 N–H and O–H groups in total. The number of carbonyl (C=O) groups is 2. The van der Waals surface area contributed by atoms with Crippen LogP contribution in [-0.2, 0) is 11.2 Å². The van der Waals surface area contributed by atoms with Gasteiger partial charge in [0.15, 0.2) is 11.5 Å². The molecule has 0 aliphatic rings. The maximum atomic E-state index is 12.1. The summed E-state index contributed by atoms with van der Waals surface area (Å²) in [4.78, 5) is 28.3. The van der Waals surface area contributed by atoms with Gasteiger partial charge in [-0.15, -0.1) is 0 Å². The monoisotopic (exact) mass is 392 g/mol. The van der Waals surface area contributed by atoms with Crippen LogP contribution in [0.2, 0.25) is 0 Å². The predicted octanol–water partition coefficient (Wildman–Crippen LogP) is 3.75. The fourth-order valence-electron chi connectivity index (χ4n) is 2.54. The summed E-state index contributed by atoms with van der Waals surface area (Å²) in [5.41, 5.74) is 1.19. The molecule has 3 heterocycles. The van der Waals surface area contributed by atoms with Crippen molar-refractivity contribution in [3.63, 3.8) is 0 Å². The van der Waals surface area contributed by atoms with Crippen molar-refractivity contribution < 1.29 is 22.9 Å². The summed E-state index contributed by atoms with van der Waals surface area (Å²) in [5, 5.41) is 9.30. The van der Waals surface area contributed by atoms with Crippen molar-refractivity contribution >= 4 is 23.2 Å². The summed E-state index contributed by atoms with van der Waals surface area (Å²) in [6.45, 7) is 0. The van der Waals surface area contributed by atoms with Crippen LogP contribution < -0.4 is 10.6 Å². The number of rotatable bonds is 7. The topological polar surface area (TPSA) is 123 Å². The van der Waals surface area contributed by atoms with Gasteiger partial charge in [-0.25, -0.2) is 0 Å². The number of hydrogen-bond acceptors (Lipinski definition) is 7. The first-order valence-electron chi connectivity index (χ1n) is 8.78. The number of furan rings is 2. The second kappa shape index (κ2) is 8.26. The molecule has 1 aromatic carbocycles. The van der Waals surface area contributed by atoms with E-state index in [2.05, 4.69) is 20.8 Å². The van der Waals surface area contributed by atoms with Crippen LogP contribution in [0.15, 0.2) is 74.4 Å². The van der Waals surface area contributed by atoms with Gasteiger partial charge in [-0.1, -0.05) is 5.16 Å². The average molecular weight is 392 g/mol. The number of aromatic nitrogens is 2. The molecule has 0 aliphatic carbocycles. The number of amides is 2. The molecule has 0 atom stereocenters. The van der Waals surface area contributed by atoms with E-state index in [9.17, 15) is 9.59 Å². The highest BCUT2D eigenvalue weighted by molar-refractivity contribution is 6.02. The van der Waals surface area contributed by atoms with Crippen molar-refractivity contribution in [1.29, 1.82) is 0 Å². The van der Waals surface area contributed by atoms with Crippen molar-refractivity contribution in [2.75, 3.05) is 10.6 Å². The number of aryl methyl sites for hydroxylation is 1. The zero-order chi connectivity index (χ0) is 20.1. The first kappa shape index (κ1) is 18.2. The lowest BCUT2D eigenvalue weighted by molar-refractivity contribution is -0.116. The molecule has 0 unspecified atom stereocenters. The smallest absolute Gasteiger partial charge is 0.291 e. The first-order chi connectivity index (χ1) is 14.2. The highest BCUT2D eigenvalue weighted by atomic mass is 16.5. The standard InChI is InChI=1S/C20H16N4O5/c25-17(9-10-18-23-19(24-29-18)15-3-1-11-27-15)21-13-5-7-14(8-6-13)22-20(26)16-4-2-12-28-16/h1-8,11-12H,9-10H2,(H,21,25)(H,22,26). The van der Waals surface area contributed by atoms with Gasteiger partial charge < -0.3 is 24.0 Å². The third-order valence-electron chi connectivity index (χ3n) is 3.95. The van der Waals surface area contributed by atoms with Crippen molar-refractivity contribution in [1.82, 2.24) is 10.1 Å². The Labute approximate surface area is 164 Å². The number of benzene rings is 1. The Morgan fingerprint density at radius 1 is 0.897 bits per heavy atom. The zero-order valence-corrected chi connectivity index (χ0v) is 15.1. The van der Waals surface area contributed by atoms with Gasteiger partial charge in [0, 0.05) is 24.2 Å². The fraction of sp³-hybridized carbons (Fsp3) is 0.100. The van der Waals surface area contributed by atoms with E-state index in [0.29, 0.717) is 35.3 Å². The molecular formula is C20H16N4O5. The van der Waals surface area contributed by atoms with Crippen LogP contribution >= 0.6 is 0 Å². The third-order valence-corrected chi connectivity index (χ3v) is 3.95. The SMILES string of the molecule is O=C(CCc1nc(-c2ccco2)no1)Nc1ccc(NC(=O)c2ccco2)cc1. The van der Waals surface area contributed by atoms with Gasteiger partial charge in [0.1, 0.15) is 0 Å². The largest absolute Gasteiger partial charge is 0.461 e. The molecule has 4 aromatic rings. The van der Waals surface area contributed by atoms with E-state index in [-0.39, 0.29) is 24.0 Å². The summed E-state index contributed by atoms with van der Waals surface area (Å²) in [6, 6.07) is 13.4. The molecule has 4 rings (SSSR count). The maximum Gasteiger partial charge on any atom is 0.291 e. The van der Waals surface area contributed by atoms with Crippen LogP contribution in [0, 0.1) is 0 Å². The van der Waals surface area contributed by atoms with Gasteiger partial charge in [0.25, 0.3) is 5.91 Å². The van der Waals surface area contributed by atoms with Gasteiger partial charge in [0.2, 0.25) is 17.6 Å². The third kappa shape index (κ3) is 4.59. The molecule has 3 aromatic heterocycles. The van der Waals surface area contributed by atoms with E-state index in [1.807, 2.05) is 0 Å². The summed E-state index contributed by atoms with van der Waals surface area (Å²) in [6.07, 6.45) is 3.43. The van der Waals surface area contributed by atoms with Crippen molar-refractivity contribution in [3.8, 4) is 11.6 Å². The van der Waals surface area contributed by atoms with Crippen LogP contribution in [0.1, 0.15) is 22.9 Å². The fourth-order valence-corrected chi connectivity index (χ4v) is 2.54. The van der Waals surface area contributed by atoms with Gasteiger partial charge in [-0.05, 0) is 48.5 Å². The number of nitrogens with zero attached hydrogens (tertiary/aromatic N) is 2. The molecule has 0 saturated heterocycles. The van der Waals surface area contributed by atoms with Crippen LogP contribution in [0.25, 0.3) is 11.6 Å². The molecular weight excluding hydrogens is 376 g/mol. The molecule has 0 fully saturated rings. The minimum atomic E-state index is -0.347. The lowest BCUT2D eigenvalue weighted by Crippen LogP contribution is -2.13. The molecule has 9 nitrogen and oxygen atoms in total. The number of carbonyl (C=O) groups excluding carboxylic acids is 2. The molecule has 29 heavy (non-hydrogen) atoms. The first-order valence-corrected chi connectivity index (χ1v) is 8.78. The average Bonchev–Trinajstić information content (AvgIpc) is 3.50. The Morgan fingerprint density at radius 2 is 1.62 bits per heavy atom. The molecule has 2 amide bonds. The molecule has 0 saturated carbocycles. The molecule has 0 radical (unpaired) electrons. The van der Waals surface area contributed by atoms with Crippen LogP contribution in [0.3, 0.4) is 0 Å². The molecule has 0 bridgehead atoms. The number of anilines is 2. The molecule has 146 valence electrons.